The van der Waals surface area contributed by atoms with E-state index in [2.05, 4.69) is 30.8 Å². The molecule has 0 aliphatic carbocycles. The molecule has 0 aliphatic heterocycles. The first kappa shape index (κ1) is 18.5. The van der Waals surface area contributed by atoms with Gasteiger partial charge < -0.3 is 15.2 Å². The first-order chi connectivity index (χ1) is 13.2. The number of nitrogens with one attached hydrogen (secondary N) is 2. The summed E-state index contributed by atoms with van der Waals surface area (Å²) in [6.07, 6.45) is 2.24. The van der Waals surface area contributed by atoms with Gasteiger partial charge in [0.2, 0.25) is 0 Å². The first-order valence-electron chi connectivity index (χ1n) is 8.59. The van der Waals surface area contributed by atoms with E-state index in [1.165, 1.54) is 6.07 Å². The normalized spacial score (nSPS) is 11.4. The molecule has 2 heterocycles. The first-order valence-corrected chi connectivity index (χ1v) is 8.59. The number of halogens is 1. The van der Waals surface area contributed by atoms with Crippen molar-refractivity contribution < 1.29 is 8.91 Å². The second-order valence-electron chi connectivity index (χ2n) is 5.92. The van der Waals surface area contributed by atoms with Gasteiger partial charge in [0.15, 0.2) is 11.8 Å². The van der Waals surface area contributed by atoms with Gasteiger partial charge in [-0.1, -0.05) is 23.4 Å². The van der Waals surface area contributed by atoms with Crippen LogP contribution in [0.25, 0.3) is 11.6 Å². The van der Waals surface area contributed by atoms with Gasteiger partial charge in [0.1, 0.15) is 11.5 Å². The maximum absolute atomic E-state index is 13.6. The molecule has 0 radical (unpaired) electrons. The Morgan fingerprint density at radius 1 is 1.22 bits per heavy atom. The van der Waals surface area contributed by atoms with Crippen molar-refractivity contribution in [3.05, 3.63) is 65.4 Å². The Hall–Kier alpha value is -3.29. The number of rotatable bonds is 6. The largest absolute Gasteiger partial charge is 0.356 e. The molecule has 27 heavy (non-hydrogen) atoms. The molecule has 0 saturated heterocycles. The molecule has 3 aromatic rings. The summed E-state index contributed by atoms with van der Waals surface area (Å²) in [6.45, 7) is 2.79. The predicted molar refractivity (Wildman–Crippen MR) is 101 cm³/mol. The Balaban J connectivity index is 1.47. The zero-order valence-electron chi connectivity index (χ0n) is 15.2. The molecule has 2 N–H and O–H groups in total. The Bertz CT molecular complexity index is 910. The molecule has 0 saturated carbocycles. The fourth-order valence-electron chi connectivity index (χ4n) is 2.39. The van der Waals surface area contributed by atoms with Crippen LogP contribution in [0.4, 0.5) is 4.39 Å². The molecular weight excluding hydrogens is 347 g/mol. The molecule has 0 spiro atoms. The number of nitrogens with zero attached hydrogens (tertiary/aromatic N) is 4. The monoisotopic (exact) mass is 368 g/mol. The van der Waals surface area contributed by atoms with Crippen LogP contribution in [0.15, 0.2) is 52.1 Å². The van der Waals surface area contributed by atoms with Crippen LogP contribution in [0.3, 0.4) is 0 Å². The molecule has 3 rings (SSSR count). The van der Waals surface area contributed by atoms with E-state index < -0.39 is 0 Å². The Labute approximate surface area is 156 Å². The summed E-state index contributed by atoms with van der Waals surface area (Å²) in [6, 6.07) is 10.7. The lowest BCUT2D eigenvalue weighted by Crippen LogP contribution is -2.38. The van der Waals surface area contributed by atoms with Gasteiger partial charge >= 0.3 is 0 Å². The third-order valence-corrected chi connectivity index (χ3v) is 3.91. The molecule has 2 aromatic heterocycles. The topological polar surface area (TPSA) is 88.2 Å². The van der Waals surface area contributed by atoms with Crippen molar-refractivity contribution in [2.24, 2.45) is 4.99 Å². The lowest BCUT2D eigenvalue weighted by molar-refractivity contribution is 0.421. The van der Waals surface area contributed by atoms with E-state index in [1.54, 1.807) is 26.2 Å². The quantitative estimate of drug-likeness (QED) is 0.513. The standard InChI is InChI=1S/C19H21FN6O/c1-13-6-7-14(11-15(13)20)12-24-19(21-2)23-10-8-17-25-18(27-26-17)16-5-3-4-9-22-16/h3-7,9,11H,8,10,12H2,1-2H3,(H2,21,23,24). The van der Waals surface area contributed by atoms with E-state index in [0.717, 1.165) is 5.56 Å². The van der Waals surface area contributed by atoms with E-state index in [1.807, 2.05) is 24.3 Å². The Morgan fingerprint density at radius 3 is 2.85 bits per heavy atom. The van der Waals surface area contributed by atoms with Crippen LogP contribution in [0.1, 0.15) is 17.0 Å². The lowest BCUT2D eigenvalue weighted by atomic mass is 10.1. The highest BCUT2D eigenvalue weighted by molar-refractivity contribution is 5.79. The molecule has 0 atom stereocenters. The summed E-state index contributed by atoms with van der Waals surface area (Å²) in [7, 11) is 1.68. The highest BCUT2D eigenvalue weighted by Crippen LogP contribution is 2.13. The molecule has 0 bridgehead atoms. The minimum Gasteiger partial charge on any atom is -0.356 e. The van der Waals surface area contributed by atoms with Crippen molar-refractivity contribution in [2.75, 3.05) is 13.6 Å². The predicted octanol–water partition coefficient (Wildman–Crippen LogP) is 2.49. The number of pyridine rings is 1. The van der Waals surface area contributed by atoms with Gasteiger partial charge in [0.25, 0.3) is 5.89 Å². The summed E-state index contributed by atoms with van der Waals surface area (Å²) in [5, 5.41) is 10.3. The fraction of sp³-hybridized carbons (Fsp3) is 0.263. The summed E-state index contributed by atoms with van der Waals surface area (Å²) >= 11 is 0. The second-order valence-corrected chi connectivity index (χ2v) is 5.92. The van der Waals surface area contributed by atoms with Gasteiger partial charge in [-0.05, 0) is 36.2 Å². The Kier molecular flexibility index (Phi) is 6.09. The minimum atomic E-state index is -0.210. The van der Waals surface area contributed by atoms with Crippen molar-refractivity contribution in [1.82, 2.24) is 25.8 Å². The van der Waals surface area contributed by atoms with Crippen LogP contribution in [0, 0.1) is 12.7 Å². The number of hydrogen-bond donors (Lipinski definition) is 2. The van der Waals surface area contributed by atoms with Crippen molar-refractivity contribution >= 4 is 5.96 Å². The van der Waals surface area contributed by atoms with Gasteiger partial charge in [-0.15, -0.1) is 0 Å². The summed E-state index contributed by atoms with van der Waals surface area (Å²) in [5.41, 5.74) is 2.12. The average molecular weight is 368 g/mol. The zero-order chi connectivity index (χ0) is 19.1. The van der Waals surface area contributed by atoms with Crippen molar-refractivity contribution in [1.29, 1.82) is 0 Å². The molecule has 7 nitrogen and oxygen atoms in total. The molecule has 0 amide bonds. The average Bonchev–Trinajstić information content (AvgIpc) is 3.17. The number of aliphatic imine (C=N–C) groups is 1. The van der Waals surface area contributed by atoms with Crippen LogP contribution in [0.5, 0.6) is 0 Å². The van der Waals surface area contributed by atoms with Crippen molar-refractivity contribution in [3.63, 3.8) is 0 Å². The maximum Gasteiger partial charge on any atom is 0.276 e. The molecule has 140 valence electrons. The second kappa shape index (κ2) is 8.88. The van der Waals surface area contributed by atoms with E-state index in [4.69, 9.17) is 4.52 Å². The minimum absolute atomic E-state index is 0.210. The molecule has 0 unspecified atom stereocenters. The summed E-state index contributed by atoms with van der Waals surface area (Å²) in [5.74, 6) is 1.39. The number of aryl methyl sites for hydroxylation is 1. The SMILES string of the molecule is CN=C(NCCc1noc(-c2ccccn2)n1)NCc1ccc(C)c(F)c1. The number of hydrogen-bond acceptors (Lipinski definition) is 5. The van der Waals surface area contributed by atoms with Crippen LogP contribution < -0.4 is 10.6 Å². The van der Waals surface area contributed by atoms with Crippen molar-refractivity contribution in [3.8, 4) is 11.6 Å². The smallest absolute Gasteiger partial charge is 0.276 e. The highest BCUT2D eigenvalue weighted by Gasteiger charge is 2.09. The summed E-state index contributed by atoms with van der Waals surface area (Å²) in [4.78, 5) is 12.7. The van der Waals surface area contributed by atoms with Crippen LogP contribution in [-0.2, 0) is 13.0 Å². The third kappa shape index (κ3) is 5.10. The third-order valence-electron chi connectivity index (χ3n) is 3.91. The molecule has 0 aliphatic rings. The van der Waals surface area contributed by atoms with E-state index in [0.29, 0.717) is 48.4 Å². The van der Waals surface area contributed by atoms with Gasteiger partial charge in [-0.3, -0.25) is 9.98 Å². The molecule has 0 fully saturated rings. The lowest BCUT2D eigenvalue weighted by Gasteiger charge is -2.11. The Morgan fingerprint density at radius 2 is 2.11 bits per heavy atom. The summed E-state index contributed by atoms with van der Waals surface area (Å²) < 4.78 is 18.8. The number of benzene rings is 1. The van der Waals surface area contributed by atoms with Crippen LogP contribution in [-0.4, -0.2) is 34.7 Å². The fourth-order valence-corrected chi connectivity index (χ4v) is 2.39. The van der Waals surface area contributed by atoms with Gasteiger partial charge in [-0.25, -0.2) is 4.39 Å². The van der Waals surface area contributed by atoms with Gasteiger partial charge in [0.05, 0.1) is 0 Å². The number of aromatic nitrogens is 3. The highest BCUT2D eigenvalue weighted by atomic mass is 19.1. The van der Waals surface area contributed by atoms with E-state index in [-0.39, 0.29) is 5.82 Å². The van der Waals surface area contributed by atoms with Crippen LogP contribution >= 0.6 is 0 Å². The van der Waals surface area contributed by atoms with Gasteiger partial charge in [0, 0.05) is 32.8 Å². The number of guanidine groups is 1. The van der Waals surface area contributed by atoms with E-state index >= 15 is 0 Å². The maximum atomic E-state index is 13.6. The van der Waals surface area contributed by atoms with Crippen LogP contribution in [0.2, 0.25) is 0 Å². The molecule has 1 aromatic carbocycles. The van der Waals surface area contributed by atoms with Crippen molar-refractivity contribution in [2.45, 2.75) is 19.9 Å². The molecule has 8 heteroatoms. The molecular formula is C19H21FN6O. The van der Waals surface area contributed by atoms with E-state index in [9.17, 15) is 4.39 Å². The van der Waals surface area contributed by atoms with Gasteiger partial charge in [-0.2, -0.15) is 4.98 Å². The zero-order valence-corrected chi connectivity index (χ0v) is 15.2.